The number of rotatable bonds is 6. The first-order valence-corrected chi connectivity index (χ1v) is 4.96. The van der Waals surface area contributed by atoms with E-state index >= 15 is 0 Å². The maximum absolute atomic E-state index is 10.9. The topological polar surface area (TPSA) is 34.1 Å². The molecule has 0 spiro atoms. The van der Waals surface area contributed by atoms with Crippen molar-refractivity contribution in [3.63, 3.8) is 0 Å². The summed E-state index contributed by atoms with van der Waals surface area (Å²) < 4.78 is 0. The molecule has 0 saturated heterocycles. The zero-order chi connectivity index (χ0) is 10.4. The molecule has 0 N–H and O–H groups in total. The van der Waals surface area contributed by atoms with Crippen molar-refractivity contribution in [2.75, 3.05) is 0 Å². The van der Waals surface area contributed by atoms with E-state index in [1.807, 2.05) is 0 Å². The van der Waals surface area contributed by atoms with Gasteiger partial charge in [0.2, 0.25) is 0 Å². The summed E-state index contributed by atoms with van der Waals surface area (Å²) in [5.41, 5.74) is 0. The molecule has 0 bridgehead atoms. The summed E-state index contributed by atoms with van der Waals surface area (Å²) in [6.07, 6.45) is 2.20. The van der Waals surface area contributed by atoms with E-state index in [4.69, 9.17) is 0 Å². The summed E-state index contributed by atoms with van der Waals surface area (Å²) >= 11 is 0. The second-order valence-electron chi connectivity index (χ2n) is 3.96. The highest BCUT2D eigenvalue weighted by Gasteiger charge is 2.18. The molecule has 2 nitrogen and oxygen atoms in total. The lowest BCUT2D eigenvalue weighted by Crippen LogP contribution is -2.16. The molecule has 0 fully saturated rings. The van der Waals surface area contributed by atoms with Gasteiger partial charge in [-0.1, -0.05) is 20.3 Å². The molecule has 2 unspecified atom stereocenters. The summed E-state index contributed by atoms with van der Waals surface area (Å²) in [5.74, 6) is 1.16. The standard InChI is InChI=1S/C11H20O2/c1-5-11(7-10(4)13)8(2)6-9(3)12/h8,11H,5-7H2,1-4H3. The highest BCUT2D eigenvalue weighted by Crippen LogP contribution is 2.22. The van der Waals surface area contributed by atoms with Crippen LogP contribution in [0.1, 0.15) is 47.0 Å². The lowest BCUT2D eigenvalue weighted by molar-refractivity contribution is -0.120. The minimum atomic E-state index is 0.217. The van der Waals surface area contributed by atoms with Gasteiger partial charge in [-0.25, -0.2) is 0 Å². The smallest absolute Gasteiger partial charge is 0.130 e. The average Bonchev–Trinajstić information content (AvgIpc) is 1.98. The molecule has 0 aliphatic heterocycles. The van der Waals surface area contributed by atoms with Gasteiger partial charge in [0.25, 0.3) is 0 Å². The summed E-state index contributed by atoms with van der Waals surface area (Å²) in [4.78, 5) is 21.8. The summed E-state index contributed by atoms with van der Waals surface area (Å²) in [6, 6.07) is 0. The molecule has 76 valence electrons. The molecule has 0 aromatic carbocycles. The van der Waals surface area contributed by atoms with Gasteiger partial charge in [0.1, 0.15) is 11.6 Å². The second-order valence-corrected chi connectivity index (χ2v) is 3.96. The molecule has 0 aliphatic carbocycles. The van der Waals surface area contributed by atoms with Gasteiger partial charge in [-0.2, -0.15) is 0 Å². The van der Waals surface area contributed by atoms with Crippen LogP contribution in [0.25, 0.3) is 0 Å². The van der Waals surface area contributed by atoms with E-state index in [9.17, 15) is 9.59 Å². The fourth-order valence-corrected chi connectivity index (χ4v) is 1.74. The Morgan fingerprint density at radius 3 is 1.85 bits per heavy atom. The van der Waals surface area contributed by atoms with Crippen molar-refractivity contribution in [1.29, 1.82) is 0 Å². The Balaban J connectivity index is 4.06. The van der Waals surface area contributed by atoms with Crippen LogP contribution in [0.15, 0.2) is 0 Å². The Morgan fingerprint density at radius 2 is 1.54 bits per heavy atom. The fraction of sp³-hybridized carbons (Fsp3) is 0.818. The molecule has 0 heterocycles. The highest BCUT2D eigenvalue weighted by atomic mass is 16.1. The third-order valence-corrected chi connectivity index (χ3v) is 2.49. The molecule has 0 saturated carbocycles. The normalized spacial score (nSPS) is 15.1. The molecule has 0 aromatic rings. The molecular formula is C11H20O2. The van der Waals surface area contributed by atoms with Crippen molar-refractivity contribution in [2.24, 2.45) is 11.8 Å². The molecule has 0 aliphatic rings. The minimum Gasteiger partial charge on any atom is -0.300 e. The Labute approximate surface area is 80.7 Å². The lowest BCUT2D eigenvalue weighted by Gasteiger charge is -2.20. The molecule has 0 amide bonds. The van der Waals surface area contributed by atoms with Crippen LogP contribution >= 0.6 is 0 Å². The van der Waals surface area contributed by atoms with Crippen molar-refractivity contribution in [2.45, 2.75) is 47.0 Å². The van der Waals surface area contributed by atoms with Gasteiger partial charge >= 0.3 is 0 Å². The first kappa shape index (κ1) is 12.3. The third kappa shape index (κ3) is 5.56. The van der Waals surface area contributed by atoms with Crippen molar-refractivity contribution >= 4 is 11.6 Å². The van der Waals surface area contributed by atoms with Crippen molar-refractivity contribution in [3.05, 3.63) is 0 Å². The number of hydrogen-bond donors (Lipinski definition) is 0. The fourth-order valence-electron chi connectivity index (χ4n) is 1.74. The Hall–Kier alpha value is -0.660. The molecule has 13 heavy (non-hydrogen) atoms. The van der Waals surface area contributed by atoms with Crippen molar-refractivity contribution < 1.29 is 9.59 Å². The summed E-state index contributed by atoms with van der Waals surface area (Å²) in [6.45, 7) is 7.35. The molecule has 0 radical (unpaired) electrons. The summed E-state index contributed by atoms with van der Waals surface area (Å²) in [5, 5.41) is 0. The zero-order valence-corrected chi connectivity index (χ0v) is 9.09. The van der Waals surface area contributed by atoms with Crippen molar-refractivity contribution in [3.8, 4) is 0 Å². The Kier molecular flexibility index (Phi) is 5.60. The molecule has 0 aromatic heterocycles. The largest absolute Gasteiger partial charge is 0.300 e. The van der Waals surface area contributed by atoms with E-state index in [1.54, 1.807) is 13.8 Å². The van der Waals surface area contributed by atoms with Gasteiger partial charge in [-0.05, 0) is 25.7 Å². The zero-order valence-electron chi connectivity index (χ0n) is 9.09. The number of ketones is 2. The van der Waals surface area contributed by atoms with Crippen LogP contribution in [-0.4, -0.2) is 11.6 Å². The average molecular weight is 184 g/mol. The molecule has 2 atom stereocenters. The van der Waals surface area contributed by atoms with Gasteiger partial charge < -0.3 is 9.59 Å². The highest BCUT2D eigenvalue weighted by molar-refractivity contribution is 5.77. The van der Waals surface area contributed by atoms with Crippen LogP contribution in [0.5, 0.6) is 0 Å². The van der Waals surface area contributed by atoms with Gasteiger partial charge in [0.05, 0.1) is 0 Å². The Bertz CT molecular complexity index is 185. The van der Waals surface area contributed by atoms with Crippen LogP contribution < -0.4 is 0 Å². The van der Waals surface area contributed by atoms with Crippen LogP contribution in [-0.2, 0) is 9.59 Å². The monoisotopic (exact) mass is 184 g/mol. The van der Waals surface area contributed by atoms with Gasteiger partial charge in [0.15, 0.2) is 0 Å². The predicted octanol–water partition coefficient (Wildman–Crippen LogP) is 2.61. The molecular weight excluding hydrogens is 164 g/mol. The summed E-state index contributed by atoms with van der Waals surface area (Å²) in [7, 11) is 0. The van der Waals surface area contributed by atoms with Crippen LogP contribution in [0, 0.1) is 11.8 Å². The Morgan fingerprint density at radius 1 is 1.08 bits per heavy atom. The third-order valence-electron chi connectivity index (χ3n) is 2.49. The van der Waals surface area contributed by atoms with Crippen LogP contribution in [0.3, 0.4) is 0 Å². The van der Waals surface area contributed by atoms with E-state index in [-0.39, 0.29) is 11.6 Å². The first-order valence-electron chi connectivity index (χ1n) is 4.96. The minimum absolute atomic E-state index is 0.217. The lowest BCUT2D eigenvalue weighted by atomic mass is 9.84. The van der Waals surface area contributed by atoms with Crippen molar-refractivity contribution in [1.82, 2.24) is 0 Å². The predicted molar refractivity (Wildman–Crippen MR) is 53.5 cm³/mol. The van der Waals surface area contributed by atoms with E-state index in [0.29, 0.717) is 24.7 Å². The molecule has 2 heteroatoms. The van der Waals surface area contributed by atoms with Crippen LogP contribution in [0.4, 0.5) is 0 Å². The number of hydrogen-bond acceptors (Lipinski definition) is 2. The number of carbonyl (C=O) groups is 2. The van der Waals surface area contributed by atoms with E-state index in [0.717, 1.165) is 6.42 Å². The van der Waals surface area contributed by atoms with Gasteiger partial charge in [0, 0.05) is 12.8 Å². The quantitative estimate of drug-likeness (QED) is 0.636. The van der Waals surface area contributed by atoms with E-state index in [1.165, 1.54) is 0 Å². The van der Waals surface area contributed by atoms with Gasteiger partial charge in [-0.15, -0.1) is 0 Å². The SMILES string of the molecule is CCC(CC(C)=O)C(C)CC(C)=O. The number of carbonyl (C=O) groups excluding carboxylic acids is 2. The molecule has 0 rings (SSSR count). The van der Waals surface area contributed by atoms with E-state index in [2.05, 4.69) is 13.8 Å². The second kappa shape index (κ2) is 5.90. The first-order chi connectivity index (χ1) is 5.97. The van der Waals surface area contributed by atoms with E-state index < -0.39 is 0 Å². The van der Waals surface area contributed by atoms with Gasteiger partial charge in [-0.3, -0.25) is 0 Å². The van der Waals surface area contributed by atoms with Crippen LogP contribution in [0.2, 0.25) is 0 Å². The maximum Gasteiger partial charge on any atom is 0.130 e. The maximum atomic E-state index is 10.9. The number of Topliss-reactive ketones (excluding diaryl/α,β-unsaturated/α-hetero) is 2.